The van der Waals surface area contributed by atoms with Crippen LogP contribution in [0.3, 0.4) is 0 Å². The number of nitrogens with zero attached hydrogens (tertiary/aromatic N) is 1. The van der Waals surface area contributed by atoms with E-state index in [2.05, 4.69) is 19.0 Å². The summed E-state index contributed by atoms with van der Waals surface area (Å²) in [5.74, 6) is -2.51. The van der Waals surface area contributed by atoms with Gasteiger partial charge in [-0.05, 0) is 46.5 Å². The number of carboxylic acid groups (broad SMARTS) is 2. The van der Waals surface area contributed by atoms with Crippen molar-refractivity contribution < 1.29 is 24.6 Å². The van der Waals surface area contributed by atoms with Gasteiger partial charge in [-0.2, -0.15) is 0 Å². The molecular formula is C18H33NO5. The fourth-order valence-corrected chi connectivity index (χ4v) is 1.52. The zero-order valence-electron chi connectivity index (χ0n) is 15.7. The molecular weight excluding hydrogens is 310 g/mol. The van der Waals surface area contributed by atoms with Gasteiger partial charge >= 0.3 is 11.9 Å². The summed E-state index contributed by atoms with van der Waals surface area (Å²) in [4.78, 5) is 24.6. The monoisotopic (exact) mass is 343 g/mol. The Bertz CT molecular complexity index is 392. The lowest BCUT2D eigenvalue weighted by Crippen LogP contribution is -2.17. The van der Waals surface area contributed by atoms with Crippen LogP contribution in [0, 0.1) is 0 Å². The molecule has 0 spiro atoms. The molecule has 0 aromatic rings. The minimum absolute atomic E-state index is 0.164. The van der Waals surface area contributed by atoms with Crippen LogP contribution in [0.4, 0.5) is 0 Å². The van der Waals surface area contributed by atoms with E-state index in [9.17, 15) is 9.59 Å². The molecule has 0 fully saturated rings. The normalized spacial score (nSPS) is 11.8. The first-order chi connectivity index (χ1) is 11.1. The quantitative estimate of drug-likeness (QED) is 0.261. The summed E-state index contributed by atoms with van der Waals surface area (Å²) < 4.78 is 0. The van der Waals surface area contributed by atoms with Crippen molar-refractivity contribution in [3.8, 4) is 0 Å². The van der Waals surface area contributed by atoms with Gasteiger partial charge in [0, 0.05) is 12.2 Å². The lowest BCUT2D eigenvalue weighted by molar-refractivity contribution is -0.134. The molecule has 0 aromatic heterocycles. The Labute approximate surface area is 145 Å². The number of oxime groups is 1. The highest BCUT2D eigenvalue weighted by Gasteiger charge is 2.11. The zero-order valence-corrected chi connectivity index (χ0v) is 15.7. The van der Waals surface area contributed by atoms with Crippen LogP contribution in [0.5, 0.6) is 0 Å². The molecule has 0 aliphatic rings. The fraction of sp³-hybridized carbons (Fsp3) is 0.722. The topological polar surface area (TPSA) is 96.2 Å². The Morgan fingerprint density at radius 2 is 1.38 bits per heavy atom. The van der Waals surface area contributed by atoms with Crippen LogP contribution < -0.4 is 0 Å². The fourth-order valence-electron chi connectivity index (χ4n) is 1.52. The van der Waals surface area contributed by atoms with Crippen molar-refractivity contribution in [1.29, 1.82) is 0 Å². The number of aliphatic carboxylic acids is 2. The predicted octanol–water partition coefficient (Wildman–Crippen LogP) is 4.64. The van der Waals surface area contributed by atoms with Crippen molar-refractivity contribution >= 4 is 17.7 Å². The van der Waals surface area contributed by atoms with Crippen molar-refractivity contribution in [2.45, 2.75) is 85.2 Å². The molecule has 0 saturated carbocycles. The van der Waals surface area contributed by atoms with Crippen LogP contribution in [0.25, 0.3) is 0 Å². The van der Waals surface area contributed by atoms with Gasteiger partial charge in [-0.3, -0.25) is 0 Å². The molecule has 0 unspecified atom stereocenters. The lowest BCUT2D eigenvalue weighted by atomic mass is 10.1. The van der Waals surface area contributed by atoms with Crippen molar-refractivity contribution in [2.24, 2.45) is 5.16 Å². The van der Waals surface area contributed by atoms with E-state index in [0.717, 1.165) is 12.8 Å². The molecule has 0 atom stereocenters. The second-order valence-corrected chi connectivity index (χ2v) is 6.43. The molecule has 0 rings (SSSR count). The SMILES string of the molecule is CCCCCC(CCCC)=NOC(C)(C)C.O=C(O)/C=C/C(=O)O. The average Bonchev–Trinajstić information content (AvgIpc) is 2.47. The van der Waals surface area contributed by atoms with Crippen molar-refractivity contribution in [3.63, 3.8) is 0 Å². The number of carboxylic acids is 2. The van der Waals surface area contributed by atoms with Crippen LogP contribution in [0.15, 0.2) is 17.3 Å². The van der Waals surface area contributed by atoms with E-state index in [1.165, 1.54) is 37.8 Å². The summed E-state index contributed by atoms with van der Waals surface area (Å²) in [6.45, 7) is 10.6. The maximum absolute atomic E-state index is 9.55. The maximum Gasteiger partial charge on any atom is 0.328 e. The number of unbranched alkanes of at least 4 members (excludes halogenated alkanes) is 3. The van der Waals surface area contributed by atoms with E-state index in [1.54, 1.807) is 0 Å². The van der Waals surface area contributed by atoms with E-state index < -0.39 is 11.9 Å². The largest absolute Gasteiger partial charge is 0.478 e. The van der Waals surface area contributed by atoms with Crippen molar-refractivity contribution in [3.05, 3.63) is 12.2 Å². The number of hydrogen-bond donors (Lipinski definition) is 2. The first kappa shape index (κ1) is 24.4. The second-order valence-electron chi connectivity index (χ2n) is 6.43. The van der Waals surface area contributed by atoms with E-state index in [-0.39, 0.29) is 5.60 Å². The highest BCUT2D eigenvalue weighted by molar-refractivity contribution is 5.89. The second kappa shape index (κ2) is 14.7. The van der Waals surface area contributed by atoms with Crippen LogP contribution in [-0.2, 0) is 14.4 Å². The van der Waals surface area contributed by atoms with Crippen molar-refractivity contribution in [2.75, 3.05) is 0 Å². The Kier molecular flexibility index (Phi) is 15.0. The summed E-state index contributed by atoms with van der Waals surface area (Å²) >= 11 is 0. The van der Waals surface area contributed by atoms with Crippen LogP contribution >= 0.6 is 0 Å². The molecule has 6 heteroatoms. The average molecular weight is 343 g/mol. The Balaban J connectivity index is 0. The summed E-state index contributed by atoms with van der Waals surface area (Å²) in [7, 11) is 0. The van der Waals surface area contributed by atoms with Gasteiger partial charge in [0.15, 0.2) is 0 Å². The zero-order chi connectivity index (χ0) is 19.0. The molecule has 0 aromatic carbocycles. The first-order valence-corrected chi connectivity index (χ1v) is 8.50. The molecule has 6 nitrogen and oxygen atoms in total. The highest BCUT2D eigenvalue weighted by atomic mass is 16.6. The van der Waals surface area contributed by atoms with Gasteiger partial charge < -0.3 is 15.1 Å². The van der Waals surface area contributed by atoms with Gasteiger partial charge in [0.1, 0.15) is 5.60 Å². The van der Waals surface area contributed by atoms with E-state index in [1.807, 2.05) is 20.8 Å². The third-order valence-electron chi connectivity index (χ3n) is 2.70. The first-order valence-electron chi connectivity index (χ1n) is 8.50. The Morgan fingerprint density at radius 3 is 1.75 bits per heavy atom. The summed E-state index contributed by atoms with van der Waals surface area (Å²) in [6, 6.07) is 0. The molecule has 0 saturated heterocycles. The van der Waals surface area contributed by atoms with Crippen molar-refractivity contribution in [1.82, 2.24) is 0 Å². The van der Waals surface area contributed by atoms with Gasteiger partial charge in [-0.25, -0.2) is 9.59 Å². The molecule has 0 aliphatic carbocycles. The van der Waals surface area contributed by atoms with Gasteiger partial charge in [0.05, 0.1) is 5.71 Å². The van der Waals surface area contributed by atoms with E-state index >= 15 is 0 Å². The Hall–Kier alpha value is -1.85. The number of carbonyl (C=O) groups is 2. The van der Waals surface area contributed by atoms with E-state index in [0.29, 0.717) is 12.2 Å². The lowest BCUT2D eigenvalue weighted by Gasteiger charge is -2.17. The molecule has 0 bridgehead atoms. The van der Waals surface area contributed by atoms with Gasteiger partial charge in [-0.1, -0.05) is 38.3 Å². The van der Waals surface area contributed by atoms with Gasteiger partial charge in [0.2, 0.25) is 0 Å². The molecule has 24 heavy (non-hydrogen) atoms. The van der Waals surface area contributed by atoms with Crippen LogP contribution in [0.1, 0.15) is 79.6 Å². The minimum atomic E-state index is -1.26. The van der Waals surface area contributed by atoms with E-state index in [4.69, 9.17) is 15.1 Å². The maximum atomic E-state index is 9.55. The molecule has 140 valence electrons. The summed E-state index contributed by atoms with van der Waals surface area (Å²) in [5, 5.41) is 19.9. The van der Waals surface area contributed by atoms with Gasteiger partial charge in [0.25, 0.3) is 0 Å². The van der Waals surface area contributed by atoms with Gasteiger partial charge in [-0.15, -0.1) is 0 Å². The standard InChI is InChI=1S/C14H29NO.C4H4O4/c1-6-8-10-12-13(11-9-7-2)15-16-14(3,4)5;5-3(6)1-2-4(7)8/h6-12H2,1-5H3;1-2H,(H,5,6)(H,7,8)/b;2-1+. The molecule has 0 amide bonds. The molecule has 0 aliphatic heterocycles. The predicted molar refractivity (Wildman–Crippen MR) is 96.4 cm³/mol. The molecule has 2 N–H and O–H groups in total. The smallest absolute Gasteiger partial charge is 0.328 e. The number of hydrogen-bond acceptors (Lipinski definition) is 4. The number of rotatable bonds is 10. The summed E-state index contributed by atoms with van der Waals surface area (Å²) in [6.07, 6.45) is 9.56. The molecule has 0 radical (unpaired) electrons. The Morgan fingerprint density at radius 1 is 0.917 bits per heavy atom. The highest BCUT2D eigenvalue weighted by Crippen LogP contribution is 2.12. The van der Waals surface area contributed by atoms with Crippen LogP contribution in [0.2, 0.25) is 0 Å². The minimum Gasteiger partial charge on any atom is -0.478 e. The molecule has 0 heterocycles. The summed E-state index contributed by atoms with van der Waals surface area (Å²) in [5.41, 5.74) is 1.08. The van der Waals surface area contributed by atoms with Crippen LogP contribution in [-0.4, -0.2) is 33.5 Å². The third kappa shape index (κ3) is 22.4. The third-order valence-corrected chi connectivity index (χ3v) is 2.70.